The second-order valence-electron chi connectivity index (χ2n) is 2.52. The van der Waals surface area contributed by atoms with Crippen LogP contribution in [0.25, 0.3) is 0 Å². The third-order valence-electron chi connectivity index (χ3n) is 1.47. The summed E-state index contributed by atoms with van der Waals surface area (Å²) in [6.45, 7) is 0.0666. The average Bonchev–Trinajstić information content (AvgIpc) is 2.14. The minimum Gasteiger partial charge on any atom is -0.270 e. The van der Waals surface area contributed by atoms with Crippen molar-refractivity contribution in [2.45, 2.75) is 17.4 Å². The van der Waals surface area contributed by atoms with Gasteiger partial charge in [0.15, 0.2) is 0 Å². The lowest BCUT2D eigenvalue weighted by atomic mass is 10.7. The Kier molecular flexibility index (Phi) is 4.54. The Labute approximate surface area is 94.8 Å². The SMILES string of the molecule is CCOS(=O)(=O)C(F)(C(F)(F)F)S(=O)(=O)OC. The molecule has 0 aliphatic carbocycles. The first kappa shape index (κ1) is 16.5. The molecular weight excluding hydrogens is 296 g/mol. The van der Waals surface area contributed by atoms with E-state index in [1.54, 1.807) is 0 Å². The van der Waals surface area contributed by atoms with Crippen molar-refractivity contribution in [3.8, 4) is 0 Å². The van der Waals surface area contributed by atoms with E-state index < -0.39 is 37.4 Å². The fourth-order valence-electron chi connectivity index (χ4n) is 0.747. The van der Waals surface area contributed by atoms with Gasteiger partial charge < -0.3 is 0 Å². The Hall–Kier alpha value is -0.460. The van der Waals surface area contributed by atoms with Crippen LogP contribution in [0.5, 0.6) is 0 Å². The molecule has 6 nitrogen and oxygen atoms in total. The molecule has 0 aliphatic rings. The Morgan fingerprint density at radius 1 is 1.00 bits per heavy atom. The molecular formula is C5H8F4O6S2. The van der Waals surface area contributed by atoms with E-state index >= 15 is 0 Å². The molecule has 0 spiro atoms. The van der Waals surface area contributed by atoms with Crippen LogP contribution in [-0.4, -0.2) is 41.1 Å². The van der Waals surface area contributed by atoms with Gasteiger partial charge in [-0.2, -0.15) is 34.4 Å². The summed E-state index contributed by atoms with van der Waals surface area (Å²) < 4.78 is 95.0. The van der Waals surface area contributed by atoms with Crippen molar-refractivity contribution in [3.05, 3.63) is 0 Å². The normalized spacial score (nSPS) is 17.8. The molecule has 0 aliphatic heterocycles. The van der Waals surface area contributed by atoms with Crippen LogP contribution in [0.4, 0.5) is 17.6 Å². The van der Waals surface area contributed by atoms with Crippen molar-refractivity contribution in [1.29, 1.82) is 0 Å². The average molecular weight is 304 g/mol. The van der Waals surface area contributed by atoms with Gasteiger partial charge >= 0.3 is 30.7 Å². The van der Waals surface area contributed by atoms with Gasteiger partial charge in [-0.25, -0.2) is 0 Å². The second-order valence-corrected chi connectivity index (χ2v) is 6.28. The molecule has 12 heteroatoms. The first-order chi connectivity index (χ1) is 7.37. The summed E-state index contributed by atoms with van der Waals surface area (Å²) in [4.78, 5) is 0. The first-order valence-corrected chi connectivity index (χ1v) is 6.63. The summed E-state index contributed by atoms with van der Waals surface area (Å²) >= 11 is 0. The van der Waals surface area contributed by atoms with Gasteiger partial charge in [0.25, 0.3) is 0 Å². The highest BCUT2D eigenvalue weighted by atomic mass is 32.3. The molecule has 0 amide bonds. The molecule has 0 fully saturated rings. The van der Waals surface area contributed by atoms with Crippen LogP contribution in [0.3, 0.4) is 0 Å². The molecule has 17 heavy (non-hydrogen) atoms. The Bertz CT molecular complexity index is 465. The van der Waals surface area contributed by atoms with E-state index in [4.69, 9.17) is 0 Å². The number of alkyl halides is 4. The number of rotatable bonds is 5. The van der Waals surface area contributed by atoms with Crippen LogP contribution >= 0.6 is 0 Å². The van der Waals surface area contributed by atoms with Gasteiger partial charge in [0.2, 0.25) is 0 Å². The van der Waals surface area contributed by atoms with E-state index in [9.17, 15) is 34.4 Å². The molecule has 0 aromatic rings. The van der Waals surface area contributed by atoms with E-state index in [-0.39, 0.29) is 7.11 Å². The van der Waals surface area contributed by atoms with Crippen LogP contribution in [0.2, 0.25) is 0 Å². The summed E-state index contributed by atoms with van der Waals surface area (Å²) in [7, 11) is -12.0. The standard InChI is InChI=1S/C5H8F4O6S2/c1-3-15-17(12,13)5(9,4(6,7)8)16(10,11)14-2/h3H2,1-2H3. The monoisotopic (exact) mass is 304 g/mol. The maximum atomic E-state index is 13.5. The molecule has 0 rings (SSSR count). The molecule has 1 unspecified atom stereocenters. The van der Waals surface area contributed by atoms with Gasteiger partial charge in [-0.1, -0.05) is 0 Å². The zero-order chi connectivity index (χ0) is 14.1. The topological polar surface area (TPSA) is 86.7 Å². The highest BCUT2D eigenvalue weighted by Gasteiger charge is 2.76. The zero-order valence-electron chi connectivity index (χ0n) is 8.48. The maximum Gasteiger partial charge on any atom is 0.458 e. The fraction of sp³-hybridized carbons (Fsp3) is 1.00. The summed E-state index contributed by atoms with van der Waals surface area (Å²) in [5.41, 5.74) is 0. The Balaban J connectivity index is 6.14. The number of halogens is 4. The zero-order valence-corrected chi connectivity index (χ0v) is 10.1. The largest absolute Gasteiger partial charge is 0.458 e. The highest BCUT2D eigenvalue weighted by molar-refractivity contribution is 8.05. The highest BCUT2D eigenvalue weighted by Crippen LogP contribution is 2.44. The quantitative estimate of drug-likeness (QED) is 0.543. The van der Waals surface area contributed by atoms with Crippen LogP contribution < -0.4 is 0 Å². The lowest BCUT2D eigenvalue weighted by Crippen LogP contribution is -2.55. The lowest BCUT2D eigenvalue weighted by molar-refractivity contribution is -0.174. The third-order valence-corrected chi connectivity index (χ3v) is 5.43. The van der Waals surface area contributed by atoms with Crippen molar-refractivity contribution in [1.82, 2.24) is 0 Å². The summed E-state index contributed by atoms with van der Waals surface area (Å²) in [6, 6.07) is 0. The van der Waals surface area contributed by atoms with Gasteiger partial charge in [0, 0.05) is 0 Å². The Morgan fingerprint density at radius 3 is 1.65 bits per heavy atom. The minimum atomic E-state index is -6.27. The molecule has 0 heterocycles. The summed E-state index contributed by atoms with van der Waals surface area (Å²) in [5, 5.41) is 0. The second kappa shape index (κ2) is 4.66. The van der Waals surface area contributed by atoms with Crippen molar-refractivity contribution in [3.63, 3.8) is 0 Å². The molecule has 0 aromatic carbocycles. The predicted molar refractivity (Wildman–Crippen MR) is 46.4 cm³/mol. The first-order valence-electron chi connectivity index (χ1n) is 3.82. The lowest BCUT2D eigenvalue weighted by Gasteiger charge is -2.24. The molecule has 0 N–H and O–H groups in total. The molecule has 1 atom stereocenters. The van der Waals surface area contributed by atoms with Crippen LogP contribution in [0.15, 0.2) is 0 Å². The molecule has 0 saturated heterocycles. The molecule has 0 bridgehead atoms. The van der Waals surface area contributed by atoms with Gasteiger partial charge in [0.1, 0.15) is 0 Å². The van der Waals surface area contributed by atoms with E-state index in [2.05, 4.69) is 8.37 Å². The van der Waals surface area contributed by atoms with Crippen molar-refractivity contribution >= 4 is 20.2 Å². The van der Waals surface area contributed by atoms with E-state index in [0.717, 1.165) is 6.92 Å². The molecule has 0 aromatic heterocycles. The summed E-state index contributed by atoms with van der Waals surface area (Å²) in [6.07, 6.45) is -6.27. The van der Waals surface area contributed by atoms with Gasteiger partial charge in [0.05, 0.1) is 13.7 Å². The van der Waals surface area contributed by atoms with E-state index in [1.165, 1.54) is 0 Å². The Morgan fingerprint density at radius 2 is 1.41 bits per heavy atom. The van der Waals surface area contributed by atoms with Crippen molar-refractivity contribution in [2.24, 2.45) is 0 Å². The van der Waals surface area contributed by atoms with Gasteiger partial charge in [-0.05, 0) is 6.92 Å². The molecule has 0 saturated carbocycles. The van der Waals surface area contributed by atoms with Crippen LogP contribution in [0, 0.1) is 0 Å². The summed E-state index contributed by atoms with van der Waals surface area (Å²) in [5.74, 6) is 0. The number of hydrogen-bond acceptors (Lipinski definition) is 6. The van der Waals surface area contributed by atoms with Crippen molar-refractivity contribution < 1.29 is 42.8 Å². The molecule has 104 valence electrons. The van der Waals surface area contributed by atoms with Crippen LogP contribution in [-0.2, 0) is 28.6 Å². The van der Waals surface area contributed by atoms with E-state index in [1.807, 2.05) is 0 Å². The predicted octanol–water partition coefficient (Wildman–Crippen LogP) is 0.515. The van der Waals surface area contributed by atoms with Crippen LogP contribution in [0.1, 0.15) is 6.92 Å². The van der Waals surface area contributed by atoms with Gasteiger partial charge in [-0.3, -0.25) is 8.37 Å². The number of hydrogen-bond donors (Lipinski definition) is 0. The van der Waals surface area contributed by atoms with Crippen molar-refractivity contribution in [2.75, 3.05) is 13.7 Å². The third kappa shape index (κ3) is 2.53. The smallest absolute Gasteiger partial charge is 0.270 e. The fourth-order valence-corrected chi connectivity index (χ4v) is 3.34. The van der Waals surface area contributed by atoms with Gasteiger partial charge in [-0.15, -0.1) is 0 Å². The molecule has 0 radical (unpaired) electrons. The van der Waals surface area contributed by atoms with E-state index in [0.29, 0.717) is 0 Å². The maximum absolute atomic E-state index is 13.5. The minimum absolute atomic E-state index is 0.191.